The number of benzene rings is 4. The third kappa shape index (κ3) is 1.93. The van der Waals surface area contributed by atoms with Gasteiger partial charge in [-0.3, -0.25) is 0 Å². The Labute approximate surface area is 141 Å². The molecule has 4 aromatic rings. The molecule has 0 aliphatic carbocycles. The lowest BCUT2D eigenvalue weighted by atomic mass is 9.92. The second-order valence-corrected chi connectivity index (χ2v) is 6.43. The van der Waals surface area contributed by atoms with Gasteiger partial charge in [-0.2, -0.15) is 4.21 Å². The zero-order valence-electron chi connectivity index (χ0n) is 12.6. The SMILES string of the molecule is O=S1Oc2ccc3ccccc3c2-c2c(ccc3ccccc23)O1. The van der Waals surface area contributed by atoms with Crippen molar-refractivity contribution >= 4 is 32.9 Å². The first-order valence-corrected chi connectivity index (χ1v) is 8.63. The van der Waals surface area contributed by atoms with Crippen LogP contribution in [-0.2, 0) is 11.4 Å². The van der Waals surface area contributed by atoms with E-state index in [1.165, 1.54) is 0 Å². The Bertz CT molecular complexity index is 1040. The number of hydrogen-bond donors (Lipinski definition) is 0. The summed E-state index contributed by atoms with van der Waals surface area (Å²) >= 11 is -1.87. The molecule has 116 valence electrons. The average molecular weight is 332 g/mol. The second kappa shape index (κ2) is 5.08. The molecule has 0 spiro atoms. The molecule has 0 fully saturated rings. The highest BCUT2D eigenvalue weighted by molar-refractivity contribution is 7.76. The fraction of sp³-hybridized carbons (Fsp3) is 0. The van der Waals surface area contributed by atoms with Crippen LogP contribution in [-0.4, -0.2) is 4.21 Å². The first-order chi connectivity index (χ1) is 11.8. The highest BCUT2D eigenvalue weighted by Gasteiger charge is 2.25. The highest BCUT2D eigenvalue weighted by Crippen LogP contribution is 2.47. The van der Waals surface area contributed by atoms with Gasteiger partial charge in [0, 0.05) is 11.1 Å². The predicted octanol–water partition coefficient (Wildman–Crippen LogP) is 5.01. The Morgan fingerprint density at radius 3 is 1.54 bits per heavy atom. The Morgan fingerprint density at radius 2 is 1.04 bits per heavy atom. The highest BCUT2D eigenvalue weighted by atomic mass is 32.2. The summed E-state index contributed by atoms with van der Waals surface area (Å²) in [7, 11) is 0. The first-order valence-electron chi connectivity index (χ1n) is 7.63. The summed E-state index contributed by atoms with van der Waals surface area (Å²) in [6.45, 7) is 0. The lowest BCUT2D eigenvalue weighted by Gasteiger charge is -2.12. The van der Waals surface area contributed by atoms with Crippen LogP contribution in [0.3, 0.4) is 0 Å². The van der Waals surface area contributed by atoms with Crippen molar-refractivity contribution in [2.75, 3.05) is 0 Å². The predicted molar refractivity (Wildman–Crippen MR) is 96.3 cm³/mol. The summed E-state index contributed by atoms with van der Waals surface area (Å²) in [4.78, 5) is 0. The summed E-state index contributed by atoms with van der Waals surface area (Å²) in [5.74, 6) is 1.14. The van der Waals surface area contributed by atoms with Gasteiger partial charge in [-0.15, -0.1) is 0 Å². The summed E-state index contributed by atoms with van der Waals surface area (Å²) in [5, 5.41) is 4.31. The van der Waals surface area contributed by atoms with Crippen LogP contribution in [0.5, 0.6) is 11.5 Å². The van der Waals surface area contributed by atoms with Crippen LogP contribution in [0.1, 0.15) is 0 Å². The fourth-order valence-electron chi connectivity index (χ4n) is 3.32. The molecule has 5 rings (SSSR count). The van der Waals surface area contributed by atoms with Crippen molar-refractivity contribution in [1.29, 1.82) is 0 Å². The van der Waals surface area contributed by atoms with Crippen molar-refractivity contribution in [2.45, 2.75) is 0 Å². The van der Waals surface area contributed by atoms with Crippen LogP contribution >= 0.6 is 0 Å². The molecule has 0 bridgehead atoms. The Hall–Kier alpha value is -2.85. The molecule has 24 heavy (non-hydrogen) atoms. The van der Waals surface area contributed by atoms with Gasteiger partial charge in [0.25, 0.3) is 0 Å². The monoisotopic (exact) mass is 332 g/mol. The van der Waals surface area contributed by atoms with E-state index < -0.39 is 11.4 Å². The van der Waals surface area contributed by atoms with Gasteiger partial charge in [-0.05, 0) is 33.7 Å². The third-order valence-corrected chi connectivity index (χ3v) is 4.98. The minimum Gasteiger partial charge on any atom is -0.370 e. The minimum atomic E-state index is -1.87. The number of fused-ring (bicyclic) bond motifs is 7. The quantitative estimate of drug-likeness (QED) is 0.454. The van der Waals surface area contributed by atoms with Crippen LogP contribution in [0.2, 0.25) is 0 Å². The molecule has 0 aromatic heterocycles. The summed E-state index contributed by atoms with van der Waals surface area (Å²) in [6.07, 6.45) is 0. The Morgan fingerprint density at radius 1 is 0.583 bits per heavy atom. The van der Waals surface area contributed by atoms with Gasteiger partial charge < -0.3 is 8.37 Å². The van der Waals surface area contributed by atoms with Crippen molar-refractivity contribution < 1.29 is 12.6 Å². The van der Waals surface area contributed by atoms with Gasteiger partial charge in [0.2, 0.25) is 0 Å². The van der Waals surface area contributed by atoms with Gasteiger partial charge in [0.05, 0.1) is 0 Å². The van der Waals surface area contributed by atoms with E-state index in [1.807, 2.05) is 48.5 Å². The number of rotatable bonds is 0. The third-order valence-electron chi connectivity index (χ3n) is 4.35. The summed E-state index contributed by atoms with van der Waals surface area (Å²) in [6, 6.07) is 23.9. The lowest BCUT2D eigenvalue weighted by molar-refractivity contribution is 0.469. The van der Waals surface area contributed by atoms with Crippen LogP contribution in [0, 0.1) is 0 Å². The number of hydrogen-bond acceptors (Lipinski definition) is 3. The average Bonchev–Trinajstić information content (AvgIpc) is 2.77. The first kappa shape index (κ1) is 13.6. The molecule has 3 nitrogen and oxygen atoms in total. The summed E-state index contributed by atoms with van der Waals surface area (Å²) < 4.78 is 23.2. The van der Waals surface area contributed by atoms with Crippen molar-refractivity contribution in [1.82, 2.24) is 0 Å². The molecule has 0 N–H and O–H groups in total. The molecule has 0 unspecified atom stereocenters. The lowest BCUT2D eigenvalue weighted by Crippen LogP contribution is -2.06. The molecule has 1 heterocycles. The van der Waals surface area contributed by atoms with E-state index in [2.05, 4.69) is 24.3 Å². The Kier molecular flexibility index (Phi) is 2.87. The van der Waals surface area contributed by atoms with Crippen molar-refractivity contribution in [2.24, 2.45) is 0 Å². The van der Waals surface area contributed by atoms with E-state index in [0.717, 1.165) is 32.7 Å². The van der Waals surface area contributed by atoms with E-state index >= 15 is 0 Å². The molecule has 0 saturated carbocycles. The zero-order chi connectivity index (χ0) is 16.1. The maximum Gasteiger partial charge on any atom is 0.417 e. The van der Waals surface area contributed by atoms with Crippen molar-refractivity contribution in [3.8, 4) is 22.6 Å². The van der Waals surface area contributed by atoms with Gasteiger partial charge in [-0.1, -0.05) is 60.7 Å². The maximum absolute atomic E-state index is 12.1. The van der Waals surface area contributed by atoms with Crippen molar-refractivity contribution in [3.63, 3.8) is 0 Å². The van der Waals surface area contributed by atoms with Gasteiger partial charge in [0.1, 0.15) is 0 Å². The van der Waals surface area contributed by atoms with Gasteiger partial charge in [-0.25, -0.2) is 0 Å². The topological polar surface area (TPSA) is 35.5 Å². The fourth-order valence-corrected chi connectivity index (χ4v) is 3.93. The van der Waals surface area contributed by atoms with Crippen LogP contribution in [0.4, 0.5) is 0 Å². The largest absolute Gasteiger partial charge is 0.417 e. The van der Waals surface area contributed by atoms with Gasteiger partial charge in [0.15, 0.2) is 11.5 Å². The molecule has 1 aliphatic rings. The molecule has 0 atom stereocenters. The van der Waals surface area contributed by atoms with E-state index in [-0.39, 0.29) is 0 Å². The molecule has 4 heteroatoms. The maximum atomic E-state index is 12.1. The molecule has 1 aliphatic heterocycles. The van der Waals surface area contributed by atoms with E-state index in [0.29, 0.717) is 11.5 Å². The smallest absolute Gasteiger partial charge is 0.370 e. The molecular weight excluding hydrogens is 320 g/mol. The normalized spacial score (nSPS) is 13.7. The molecular formula is C20H12O3S. The second-order valence-electron chi connectivity index (χ2n) is 5.69. The molecule has 0 amide bonds. The van der Waals surface area contributed by atoms with E-state index in [9.17, 15) is 4.21 Å². The Balaban J connectivity index is 2.02. The molecule has 4 aromatic carbocycles. The molecule has 0 radical (unpaired) electrons. The van der Waals surface area contributed by atoms with Crippen LogP contribution in [0.15, 0.2) is 72.8 Å². The van der Waals surface area contributed by atoms with E-state index in [4.69, 9.17) is 8.37 Å². The van der Waals surface area contributed by atoms with Crippen molar-refractivity contribution in [3.05, 3.63) is 72.8 Å². The van der Waals surface area contributed by atoms with Crippen LogP contribution < -0.4 is 8.37 Å². The standard InChI is InChI=1S/C20H12O3S/c21-24-22-17-11-9-13-5-1-3-7-15(13)19(17)20-16-8-4-2-6-14(16)10-12-18(20)23-24/h1-12H. The zero-order valence-corrected chi connectivity index (χ0v) is 13.4. The van der Waals surface area contributed by atoms with E-state index in [1.54, 1.807) is 0 Å². The van der Waals surface area contributed by atoms with Gasteiger partial charge >= 0.3 is 11.4 Å². The summed E-state index contributed by atoms with van der Waals surface area (Å²) in [5.41, 5.74) is 1.84. The minimum absolute atomic E-state index is 0.571. The van der Waals surface area contributed by atoms with Crippen LogP contribution in [0.25, 0.3) is 32.7 Å². The molecule has 0 saturated heterocycles.